The van der Waals surface area contributed by atoms with Gasteiger partial charge < -0.3 is 0 Å². The summed E-state index contributed by atoms with van der Waals surface area (Å²) in [7, 11) is -3.21. The second-order valence-electron chi connectivity index (χ2n) is 5.00. The fourth-order valence-electron chi connectivity index (χ4n) is 1.84. The van der Waals surface area contributed by atoms with Crippen LogP contribution >= 0.6 is 21.8 Å². The Bertz CT molecular complexity index is 642. The molecule has 0 fully saturated rings. The molecule has 0 amide bonds. The maximum Gasteiger partial charge on any atom is 0.214 e. The molecule has 2 atom stereocenters. The van der Waals surface area contributed by atoms with Crippen LogP contribution in [0.4, 0.5) is 0 Å². The van der Waals surface area contributed by atoms with Gasteiger partial charge in [-0.05, 0) is 48.8 Å². The Labute approximate surface area is 127 Å². The van der Waals surface area contributed by atoms with E-state index in [-0.39, 0.29) is 21.0 Å². The first-order valence-electron chi connectivity index (χ1n) is 6.53. The highest BCUT2D eigenvalue weighted by molar-refractivity contribution is 7.90. The lowest BCUT2D eigenvalue weighted by molar-refractivity contribution is 0.570. The summed E-state index contributed by atoms with van der Waals surface area (Å²) in [4.78, 5) is 1.31. The number of hydrogen-bond acceptors (Lipinski definition) is 3. The molecule has 110 valence electrons. The highest BCUT2D eigenvalue weighted by Crippen LogP contribution is 2.42. The normalized spacial score (nSPS) is 14.7. The Balaban J connectivity index is 2.12. The molecule has 2 aromatic heterocycles. The number of thiophene rings is 2. The van der Waals surface area contributed by atoms with Gasteiger partial charge in [-0.15, -0.1) is 0 Å². The zero-order chi connectivity index (χ0) is 14.8. The van der Waals surface area contributed by atoms with Crippen LogP contribution in [-0.4, -0.2) is 20.2 Å². The Morgan fingerprint density at radius 2 is 2.05 bits per heavy atom. The third-order valence-corrected chi connectivity index (χ3v) is 8.02. The van der Waals surface area contributed by atoms with Gasteiger partial charge in [0.25, 0.3) is 0 Å². The van der Waals surface area contributed by atoms with Crippen molar-refractivity contribution in [1.82, 2.24) is 4.72 Å². The molecule has 1 N–H and O–H groups in total. The minimum atomic E-state index is -3.18. The van der Waals surface area contributed by atoms with Gasteiger partial charge in [0.15, 0.2) is 4.88 Å². The summed E-state index contributed by atoms with van der Waals surface area (Å²) in [5, 5.41) is 6.27. The van der Waals surface area contributed by atoms with E-state index in [0.717, 1.165) is 0 Å². The van der Waals surface area contributed by atoms with Crippen LogP contribution in [0.2, 0.25) is 0 Å². The molecule has 0 spiro atoms. The van der Waals surface area contributed by atoms with Crippen LogP contribution < -0.4 is 4.72 Å². The molecule has 2 unspecified atom stereocenters. The van der Waals surface area contributed by atoms with Crippen molar-refractivity contribution in [1.29, 1.82) is 0 Å². The Kier molecular flexibility index (Phi) is 5.01. The minimum absolute atomic E-state index is 0.0269. The molecule has 0 aromatic carbocycles. The first-order valence-corrected chi connectivity index (χ1v) is 10.4. The molecular weight excluding hydrogens is 310 g/mol. The molecule has 20 heavy (non-hydrogen) atoms. The Morgan fingerprint density at radius 3 is 2.65 bits per heavy atom. The van der Waals surface area contributed by atoms with Crippen LogP contribution in [0.5, 0.6) is 0 Å². The lowest BCUT2D eigenvalue weighted by atomic mass is 10.3. The highest BCUT2D eigenvalue weighted by Gasteiger charge is 2.24. The fraction of sp³-hybridized carbons (Fsp3) is 0.429. The summed E-state index contributed by atoms with van der Waals surface area (Å²) in [6.07, 6.45) is 0. The summed E-state index contributed by atoms with van der Waals surface area (Å²) in [6, 6.07) is 6.33. The summed E-state index contributed by atoms with van der Waals surface area (Å²) in [6.45, 7) is 5.97. The van der Waals surface area contributed by atoms with Gasteiger partial charge in [0.1, 0.15) is 10.6 Å². The molecule has 6 heteroatoms. The maximum atomic E-state index is 11.8. The van der Waals surface area contributed by atoms with Crippen molar-refractivity contribution < 1.29 is 8.42 Å². The molecule has 0 radical (unpaired) electrons. The monoisotopic (exact) mass is 330 g/mol. The smallest absolute Gasteiger partial charge is 0.212 e. The molecule has 0 aliphatic heterocycles. The topological polar surface area (TPSA) is 46.2 Å². The first kappa shape index (κ1) is 15.7. The van der Waals surface area contributed by atoms with Crippen LogP contribution in [0.3, 0.4) is 0 Å². The van der Waals surface area contributed by atoms with Crippen LogP contribution in [0.1, 0.15) is 26.0 Å². The highest BCUT2D eigenvalue weighted by atomic mass is 32.2. The van der Waals surface area contributed by atoms with E-state index >= 15 is 0 Å². The van der Waals surface area contributed by atoms with Gasteiger partial charge in [-0.3, -0.25) is 0 Å². The Hall–Kier alpha value is -0.690. The van der Waals surface area contributed by atoms with E-state index in [9.17, 15) is 8.42 Å². The molecule has 2 rings (SSSR count). The molecule has 0 aliphatic carbocycles. The average molecular weight is 331 g/mol. The van der Waals surface area contributed by atoms with E-state index in [4.69, 9.17) is 0 Å². The summed E-state index contributed by atoms with van der Waals surface area (Å²) < 4.78 is 26.4. The summed E-state index contributed by atoms with van der Waals surface area (Å²) >= 11 is 1.69. The molecule has 0 bridgehead atoms. The predicted octanol–water partition coefficient (Wildman–Crippen LogP) is 4.05. The van der Waals surface area contributed by atoms with Crippen LogP contribution in [0.15, 0.2) is 34.3 Å². The van der Waals surface area contributed by atoms with Gasteiger partial charge in [-0.2, -0.15) is 11.3 Å². The lowest BCUT2D eigenvalue weighted by Gasteiger charge is -2.11. The molecule has 0 saturated carbocycles. The van der Waals surface area contributed by atoms with Crippen molar-refractivity contribution in [2.75, 3.05) is 6.54 Å². The van der Waals surface area contributed by atoms with Crippen molar-refractivity contribution in [3.63, 3.8) is 0 Å². The SMILES string of the molecule is CC(CNS(=O)(=O)C(C)C)[s+]1cccc1-c1ccsc1. The predicted molar refractivity (Wildman–Crippen MR) is 89.0 cm³/mol. The van der Waals surface area contributed by atoms with E-state index < -0.39 is 10.0 Å². The lowest BCUT2D eigenvalue weighted by Crippen LogP contribution is -2.32. The van der Waals surface area contributed by atoms with Crippen LogP contribution in [-0.2, 0) is 10.0 Å². The van der Waals surface area contributed by atoms with Crippen molar-refractivity contribution in [3.05, 3.63) is 34.3 Å². The molecular formula is C14H20NO2S3+. The van der Waals surface area contributed by atoms with Gasteiger partial charge in [0.05, 0.1) is 11.8 Å². The van der Waals surface area contributed by atoms with Crippen molar-refractivity contribution in [3.8, 4) is 10.4 Å². The van der Waals surface area contributed by atoms with Crippen LogP contribution in [0, 0.1) is 0 Å². The number of nitrogens with one attached hydrogen (secondary N) is 1. The molecule has 0 saturated heterocycles. The number of hydrogen-bond donors (Lipinski definition) is 1. The van der Waals surface area contributed by atoms with E-state index in [1.54, 1.807) is 25.2 Å². The molecule has 2 heterocycles. The van der Waals surface area contributed by atoms with E-state index in [1.165, 1.54) is 10.4 Å². The summed E-state index contributed by atoms with van der Waals surface area (Å²) in [5.41, 5.74) is 1.25. The van der Waals surface area contributed by atoms with Gasteiger partial charge in [-0.1, -0.05) is 0 Å². The molecule has 2 aromatic rings. The third kappa shape index (κ3) is 3.49. The largest absolute Gasteiger partial charge is 0.214 e. The van der Waals surface area contributed by atoms with Gasteiger partial charge >= 0.3 is 0 Å². The number of sulfonamides is 1. The molecule has 0 aliphatic rings. The minimum Gasteiger partial charge on any atom is -0.212 e. The second-order valence-corrected chi connectivity index (χ2v) is 10.4. The zero-order valence-corrected chi connectivity index (χ0v) is 14.3. The van der Waals surface area contributed by atoms with E-state index in [1.807, 2.05) is 0 Å². The van der Waals surface area contributed by atoms with Gasteiger partial charge in [0.2, 0.25) is 10.0 Å². The van der Waals surface area contributed by atoms with Gasteiger partial charge in [0, 0.05) is 17.0 Å². The summed E-state index contributed by atoms with van der Waals surface area (Å²) in [5.74, 6) is 0. The average Bonchev–Trinajstić information content (AvgIpc) is 3.05. The second kappa shape index (κ2) is 6.39. The third-order valence-electron chi connectivity index (χ3n) is 3.16. The Morgan fingerprint density at radius 1 is 1.30 bits per heavy atom. The van der Waals surface area contributed by atoms with Crippen molar-refractivity contribution in [2.45, 2.75) is 31.3 Å². The maximum absolute atomic E-state index is 11.8. The van der Waals surface area contributed by atoms with Crippen LogP contribution in [0.25, 0.3) is 10.4 Å². The van der Waals surface area contributed by atoms with E-state index in [0.29, 0.717) is 6.54 Å². The fourth-order valence-corrected chi connectivity index (χ4v) is 5.49. The van der Waals surface area contributed by atoms with E-state index in [2.05, 4.69) is 46.0 Å². The van der Waals surface area contributed by atoms with Crippen molar-refractivity contribution >= 4 is 31.8 Å². The van der Waals surface area contributed by atoms with Crippen molar-refractivity contribution in [2.24, 2.45) is 0 Å². The van der Waals surface area contributed by atoms with Gasteiger partial charge in [-0.25, -0.2) is 13.1 Å². The zero-order valence-electron chi connectivity index (χ0n) is 11.9. The standard InChI is InChI=1S/C14H20NO2S3/c1-11(2)20(16,17)15-9-12(3)19-8-4-5-14(19)13-6-7-18-10-13/h4-8,10-12,15H,9H2,1-3H3/q+1. The first-order chi connectivity index (χ1) is 9.42. The molecule has 3 nitrogen and oxygen atoms in total. The quantitative estimate of drug-likeness (QED) is 0.812. The number of rotatable bonds is 6.